The van der Waals surface area contributed by atoms with Gasteiger partial charge in [0.15, 0.2) is 4.67 Å². The molecule has 0 saturated carbocycles. The van der Waals surface area contributed by atoms with Crippen LogP contribution in [-0.4, -0.2) is 21.1 Å². The fourth-order valence-corrected chi connectivity index (χ4v) is 1.10. The van der Waals surface area contributed by atoms with Gasteiger partial charge in [-0.25, -0.2) is 4.68 Å². The van der Waals surface area contributed by atoms with Crippen molar-refractivity contribution in [1.29, 1.82) is 0 Å². The van der Waals surface area contributed by atoms with E-state index in [1.165, 1.54) is 17.3 Å². The van der Waals surface area contributed by atoms with Gasteiger partial charge in [0.2, 0.25) is 0 Å². The highest BCUT2D eigenvalue weighted by atomic mass is 79.9. The van der Waals surface area contributed by atoms with Gasteiger partial charge in [-0.3, -0.25) is 0 Å². The summed E-state index contributed by atoms with van der Waals surface area (Å²) in [6.07, 6.45) is 4.57. The molecule has 0 aliphatic heterocycles. The Balaban J connectivity index is 2.14. The fourth-order valence-electron chi connectivity index (χ4n) is 0.776. The third-order valence-corrected chi connectivity index (χ3v) is 1.75. The molecule has 0 radical (unpaired) electrons. The van der Waals surface area contributed by atoms with E-state index >= 15 is 0 Å². The van der Waals surface area contributed by atoms with Crippen molar-refractivity contribution in [2.75, 3.05) is 0 Å². The largest absolute Gasteiger partial charge is 0.448 e. The number of furan rings is 1. The monoisotopic (exact) mass is 240 g/mol. The standard InChI is InChI=1S/C7H5BrN4O/c8-7-2-1-6(13-7)3-11-12-4-9-10-5-12/h1-5H/b11-3+. The van der Waals surface area contributed by atoms with Crippen molar-refractivity contribution in [3.63, 3.8) is 0 Å². The third kappa shape index (κ3) is 2.03. The highest BCUT2D eigenvalue weighted by Gasteiger charge is 1.94. The lowest BCUT2D eigenvalue weighted by Crippen LogP contribution is -1.84. The summed E-state index contributed by atoms with van der Waals surface area (Å²) in [5.74, 6) is 0.667. The number of hydrogen-bond acceptors (Lipinski definition) is 4. The van der Waals surface area contributed by atoms with Gasteiger partial charge in [-0.2, -0.15) is 5.10 Å². The molecule has 2 rings (SSSR count). The predicted molar refractivity (Wildman–Crippen MR) is 49.4 cm³/mol. The first-order chi connectivity index (χ1) is 6.34. The molecule has 0 spiro atoms. The second kappa shape index (κ2) is 3.53. The average molecular weight is 241 g/mol. The Bertz CT molecular complexity index is 406. The Kier molecular flexibility index (Phi) is 2.22. The molecule has 13 heavy (non-hydrogen) atoms. The van der Waals surface area contributed by atoms with E-state index in [0.717, 1.165) is 0 Å². The van der Waals surface area contributed by atoms with E-state index in [1.54, 1.807) is 18.3 Å². The van der Waals surface area contributed by atoms with E-state index < -0.39 is 0 Å². The maximum Gasteiger partial charge on any atom is 0.169 e. The van der Waals surface area contributed by atoms with E-state index in [-0.39, 0.29) is 0 Å². The molecule has 0 fully saturated rings. The van der Waals surface area contributed by atoms with Crippen molar-refractivity contribution in [3.05, 3.63) is 35.2 Å². The summed E-state index contributed by atoms with van der Waals surface area (Å²) in [5.41, 5.74) is 0. The van der Waals surface area contributed by atoms with Crippen LogP contribution >= 0.6 is 15.9 Å². The lowest BCUT2D eigenvalue weighted by atomic mass is 10.5. The minimum atomic E-state index is 0.667. The van der Waals surface area contributed by atoms with Crippen molar-refractivity contribution < 1.29 is 4.42 Å². The van der Waals surface area contributed by atoms with E-state index in [2.05, 4.69) is 31.2 Å². The summed E-state index contributed by atoms with van der Waals surface area (Å²) in [6.45, 7) is 0. The van der Waals surface area contributed by atoms with Crippen LogP contribution in [0.1, 0.15) is 5.76 Å². The van der Waals surface area contributed by atoms with E-state index in [9.17, 15) is 0 Å². The zero-order chi connectivity index (χ0) is 9.10. The minimum Gasteiger partial charge on any atom is -0.448 e. The highest BCUT2D eigenvalue weighted by Crippen LogP contribution is 2.12. The quantitative estimate of drug-likeness (QED) is 0.749. The Hall–Kier alpha value is -1.43. The summed E-state index contributed by atoms with van der Waals surface area (Å²) < 4.78 is 7.36. The summed E-state index contributed by atoms with van der Waals surface area (Å²) >= 11 is 3.19. The summed E-state index contributed by atoms with van der Waals surface area (Å²) in [6, 6.07) is 3.60. The summed E-state index contributed by atoms with van der Waals surface area (Å²) in [5, 5.41) is 11.2. The number of halogens is 1. The fraction of sp³-hybridized carbons (Fsp3) is 0. The highest BCUT2D eigenvalue weighted by molar-refractivity contribution is 9.10. The van der Waals surface area contributed by atoms with Gasteiger partial charge in [-0.15, -0.1) is 10.2 Å². The second-order valence-electron chi connectivity index (χ2n) is 2.23. The van der Waals surface area contributed by atoms with Gasteiger partial charge in [0.25, 0.3) is 0 Å². The van der Waals surface area contributed by atoms with Crippen LogP contribution in [0, 0.1) is 0 Å². The molecule has 0 N–H and O–H groups in total. The lowest BCUT2D eigenvalue weighted by Gasteiger charge is -1.86. The van der Waals surface area contributed by atoms with Crippen LogP contribution in [0.5, 0.6) is 0 Å². The second-order valence-corrected chi connectivity index (χ2v) is 3.01. The molecule has 0 saturated heterocycles. The lowest BCUT2D eigenvalue weighted by molar-refractivity contribution is 0.534. The van der Waals surface area contributed by atoms with Crippen molar-refractivity contribution in [3.8, 4) is 0 Å². The number of nitrogens with zero attached hydrogens (tertiary/aromatic N) is 4. The van der Waals surface area contributed by atoms with E-state index in [0.29, 0.717) is 10.4 Å². The van der Waals surface area contributed by atoms with Crippen LogP contribution < -0.4 is 0 Å². The molecule has 66 valence electrons. The Morgan fingerprint density at radius 3 is 2.77 bits per heavy atom. The zero-order valence-corrected chi connectivity index (χ0v) is 8.05. The normalized spacial score (nSPS) is 11.2. The third-order valence-electron chi connectivity index (χ3n) is 1.32. The van der Waals surface area contributed by atoms with Gasteiger partial charge in [-0.1, -0.05) is 0 Å². The average Bonchev–Trinajstić information content (AvgIpc) is 2.71. The molecule has 5 nitrogen and oxygen atoms in total. The summed E-state index contributed by atoms with van der Waals surface area (Å²) in [7, 11) is 0. The molecule has 0 bridgehead atoms. The Labute approximate surface area is 82.2 Å². The van der Waals surface area contributed by atoms with Crippen LogP contribution in [0.2, 0.25) is 0 Å². The summed E-state index contributed by atoms with van der Waals surface area (Å²) in [4.78, 5) is 0. The van der Waals surface area contributed by atoms with Crippen LogP contribution in [0.15, 0.2) is 39.0 Å². The van der Waals surface area contributed by atoms with Gasteiger partial charge in [0.1, 0.15) is 18.4 Å². The molecule has 0 aliphatic rings. The van der Waals surface area contributed by atoms with E-state index in [4.69, 9.17) is 4.42 Å². The van der Waals surface area contributed by atoms with Crippen molar-refractivity contribution in [2.45, 2.75) is 0 Å². The van der Waals surface area contributed by atoms with Gasteiger partial charge >= 0.3 is 0 Å². The number of hydrogen-bond donors (Lipinski definition) is 0. The molecule has 0 aromatic carbocycles. The molecule has 0 atom stereocenters. The molecule has 2 aromatic heterocycles. The molecule has 6 heteroatoms. The van der Waals surface area contributed by atoms with Crippen molar-refractivity contribution in [2.24, 2.45) is 5.10 Å². The molecular formula is C7H5BrN4O. The molecule has 2 heterocycles. The van der Waals surface area contributed by atoms with E-state index in [1.807, 2.05) is 0 Å². The number of rotatable bonds is 2. The van der Waals surface area contributed by atoms with Gasteiger partial charge in [-0.05, 0) is 28.1 Å². The first kappa shape index (κ1) is 8.18. The van der Waals surface area contributed by atoms with Gasteiger partial charge in [0, 0.05) is 0 Å². The maximum atomic E-state index is 5.19. The molecule has 0 amide bonds. The Morgan fingerprint density at radius 2 is 2.15 bits per heavy atom. The van der Waals surface area contributed by atoms with Gasteiger partial charge in [0.05, 0.1) is 6.21 Å². The Morgan fingerprint density at radius 1 is 1.38 bits per heavy atom. The molecule has 0 unspecified atom stereocenters. The van der Waals surface area contributed by atoms with Crippen LogP contribution in [0.3, 0.4) is 0 Å². The topological polar surface area (TPSA) is 56.2 Å². The van der Waals surface area contributed by atoms with Crippen LogP contribution in [-0.2, 0) is 0 Å². The molecule has 0 aliphatic carbocycles. The first-order valence-electron chi connectivity index (χ1n) is 3.49. The van der Waals surface area contributed by atoms with Crippen LogP contribution in [0.25, 0.3) is 0 Å². The maximum absolute atomic E-state index is 5.19. The molecular weight excluding hydrogens is 236 g/mol. The predicted octanol–water partition coefficient (Wildman–Crippen LogP) is 1.52. The smallest absolute Gasteiger partial charge is 0.169 e. The zero-order valence-electron chi connectivity index (χ0n) is 6.46. The molecule has 2 aromatic rings. The van der Waals surface area contributed by atoms with Crippen LogP contribution in [0.4, 0.5) is 0 Å². The first-order valence-corrected chi connectivity index (χ1v) is 4.28. The van der Waals surface area contributed by atoms with Crippen molar-refractivity contribution >= 4 is 22.1 Å². The number of aromatic nitrogens is 3. The van der Waals surface area contributed by atoms with Crippen molar-refractivity contribution in [1.82, 2.24) is 14.9 Å². The minimum absolute atomic E-state index is 0.667. The SMILES string of the molecule is Brc1ccc(/C=N/n2cnnc2)o1. The van der Waals surface area contributed by atoms with Gasteiger partial charge < -0.3 is 4.42 Å².